The molecule has 2 atom stereocenters. The third-order valence-corrected chi connectivity index (χ3v) is 32.2. The van der Waals surface area contributed by atoms with Crippen LogP contribution in [0.2, 0.25) is 0 Å². The van der Waals surface area contributed by atoms with Crippen LogP contribution in [0.25, 0.3) is 0 Å². The number of nitrogens with one attached hydrogen (secondary N) is 8. The zero-order chi connectivity index (χ0) is 103. The number of hydrogen-bond acceptors (Lipinski definition) is 29. The topological polar surface area (TPSA) is 253 Å². The van der Waals surface area contributed by atoms with Gasteiger partial charge in [0, 0.05) is 307 Å². The number of nitrogens with zero attached hydrogens (tertiary/aromatic N) is 11. The molecular formula is C116H167N19O8S2. The Bertz CT molecular complexity index is 5200. The highest BCUT2D eigenvalue weighted by atomic mass is 32.2. The van der Waals surface area contributed by atoms with Gasteiger partial charge in [-0.25, -0.2) is 0 Å². The Kier molecular flexibility index (Phi) is 42.7. The number of hydrogen-bond donors (Lipinski definition) is 9. The molecule has 786 valence electrons. The molecule has 0 aromatic heterocycles. The van der Waals surface area contributed by atoms with E-state index < -0.39 is 33.2 Å². The van der Waals surface area contributed by atoms with E-state index in [1.165, 1.54) is 38.9 Å². The van der Waals surface area contributed by atoms with Crippen LogP contribution in [0, 0.1) is 0 Å². The van der Waals surface area contributed by atoms with Crippen molar-refractivity contribution in [2.24, 2.45) is 0 Å². The van der Waals surface area contributed by atoms with Crippen molar-refractivity contribution in [2.45, 2.75) is 132 Å². The number of Topliss-reactive ketones (excluding diaryl/α,β-unsaturated/α-hetero) is 6. The number of benzene rings is 8. The van der Waals surface area contributed by atoms with Crippen molar-refractivity contribution in [3.8, 4) is 0 Å². The molecule has 0 aliphatic carbocycles. The number of likely N-dealkylation sites (N-methyl/N-ethyl adjacent to an activating group) is 1. The van der Waals surface area contributed by atoms with E-state index >= 15 is 0 Å². The van der Waals surface area contributed by atoms with Crippen molar-refractivity contribution in [1.29, 1.82) is 0 Å². The van der Waals surface area contributed by atoms with Crippen LogP contribution < -0.4 is 67.0 Å². The predicted octanol–water partition coefficient (Wildman–Crippen LogP) is 12.0. The fourth-order valence-electron chi connectivity index (χ4n) is 21.5. The Morgan fingerprint density at radius 1 is 0.297 bits per heavy atom. The Morgan fingerprint density at radius 3 is 0.807 bits per heavy atom. The van der Waals surface area contributed by atoms with E-state index in [4.69, 9.17) is 9.47 Å². The minimum absolute atomic E-state index is 0.151. The van der Waals surface area contributed by atoms with E-state index in [0.717, 1.165) is 292 Å². The Labute approximate surface area is 875 Å². The molecule has 29 heteroatoms. The van der Waals surface area contributed by atoms with Crippen molar-refractivity contribution < 1.29 is 38.2 Å². The third-order valence-electron chi connectivity index (χ3n) is 31.1. The third kappa shape index (κ3) is 29.5. The Hall–Kier alpha value is -9.16. The number of carbonyl (C=O) groups excluding carboxylic acids is 6. The number of ketones is 6. The smallest absolute Gasteiger partial charge is 0.187 e. The van der Waals surface area contributed by atoms with Crippen molar-refractivity contribution in [3.05, 3.63) is 245 Å². The molecule has 8 aromatic carbocycles. The second-order valence-electron chi connectivity index (χ2n) is 41.5. The van der Waals surface area contributed by atoms with Crippen LogP contribution in [0.3, 0.4) is 0 Å². The highest BCUT2D eigenvalue weighted by Gasteiger charge is 2.47. The molecule has 18 rings (SSSR count). The zero-order valence-corrected chi connectivity index (χ0v) is 90.7. The lowest BCUT2D eigenvalue weighted by molar-refractivity contribution is -0.00442. The minimum Gasteiger partial charge on any atom is -0.379 e. The predicted molar refractivity (Wildman–Crippen MR) is 599 cm³/mol. The molecule has 27 nitrogen and oxygen atoms in total. The van der Waals surface area contributed by atoms with Crippen LogP contribution in [0.4, 0.5) is 28.4 Å². The summed E-state index contributed by atoms with van der Waals surface area (Å²) in [6.45, 7) is 58.0. The lowest BCUT2D eigenvalue weighted by atomic mass is 9.78. The monoisotopic (exact) mass is 2020 g/mol. The van der Waals surface area contributed by atoms with Crippen molar-refractivity contribution >= 4 is 87.5 Å². The SMILES string of the molecule is CC(C)(C(=O)c1ccc(N2CCNCC2)cc1)N1CCNCC1.CC(C)(C(=O)c1ccc(N2CCNCC2)cc1)N1CCOCC1.CC(C)(C(=O)c1ccc(S)cc1)N1CCOCC1.CCC(C(=O)c1ccc(N2CCNCC2)cc1)(c1ccccc1)N1CCNCC1.CCC(Cc1ccc(N2CCNCC2)cc1)(C(=O)c1ccc(N2CCNCC2)cc1)N(C)C.CSc1ccc(C(=O)C(C)(C)N2CCNCC2)cc1. The maximum atomic E-state index is 14.0. The summed E-state index contributed by atoms with van der Waals surface area (Å²) < 4.78 is 10.7. The molecule has 0 amide bonds. The van der Waals surface area contributed by atoms with E-state index in [2.05, 4.69) is 208 Å². The van der Waals surface area contributed by atoms with Crippen LogP contribution in [0.5, 0.6) is 0 Å². The Balaban J connectivity index is 0.000000148. The van der Waals surface area contributed by atoms with Crippen LogP contribution in [0.1, 0.15) is 155 Å². The molecule has 0 radical (unpaired) electrons. The quantitative estimate of drug-likeness (QED) is 0.0120. The molecule has 8 N–H and O–H groups in total. The van der Waals surface area contributed by atoms with Gasteiger partial charge >= 0.3 is 0 Å². The van der Waals surface area contributed by atoms with E-state index in [-0.39, 0.29) is 34.7 Å². The van der Waals surface area contributed by atoms with Gasteiger partial charge in [-0.05, 0) is 240 Å². The van der Waals surface area contributed by atoms with Crippen LogP contribution in [-0.2, 0) is 21.4 Å². The van der Waals surface area contributed by atoms with Crippen LogP contribution >= 0.6 is 24.4 Å². The molecule has 0 bridgehead atoms. The van der Waals surface area contributed by atoms with Gasteiger partial charge in [-0.2, -0.15) is 0 Å². The first kappa shape index (κ1) is 113. The number of carbonyl (C=O) groups is 6. The number of rotatable bonds is 29. The number of morpholine rings is 2. The van der Waals surface area contributed by atoms with Gasteiger partial charge in [0.25, 0.3) is 0 Å². The summed E-state index contributed by atoms with van der Waals surface area (Å²) >= 11 is 5.93. The van der Waals surface area contributed by atoms with Gasteiger partial charge in [-0.15, -0.1) is 24.4 Å². The molecule has 10 heterocycles. The summed E-state index contributed by atoms with van der Waals surface area (Å²) in [6, 6.07) is 67.2. The van der Waals surface area contributed by atoms with Crippen LogP contribution in [0.15, 0.2) is 210 Å². The van der Waals surface area contributed by atoms with Gasteiger partial charge in [0.05, 0.1) is 54.1 Å². The second kappa shape index (κ2) is 54.9. The molecule has 8 aromatic rings. The number of thiol groups is 1. The summed E-state index contributed by atoms with van der Waals surface area (Å²) in [5.74, 6) is 1.17. The summed E-state index contributed by atoms with van der Waals surface area (Å²) in [7, 11) is 4.07. The highest BCUT2D eigenvalue weighted by Crippen LogP contribution is 2.39. The largest absolute Gasteiger partial charge is 0.379 e. The fraction of sp³-hybridized carbons (Fsp3) is 0.534. The van der Waals surface area contributed by atoms with Gasteiger partial charge in [-0.1, -0.05) is 80.6 Å². The molecule has 2 unspecified atom stereocenters. The van der Waals surface area contributed by atoms with Gasteiger partial charge in [0.1, 0.15) is 5.54 Å². The van der Waals surface area contributed by atoms with E-state index in [9.17, 15) is 28.8 Å². The lowest BCUT2D eigenvalue weighted by Crippen LogP contribution is -2.58. The molecule has 10 fully saturated rings. The van der Waals surface area contributed by atoms with E-state index in [0.29, 0.717) is 32.8 Å². The van der Waals surface area contributed by atoms with Crippen molar-refractivity contribution in [3.63, 3.8) is 0 Å². The lowest BCUT2D eigenvalue weighted by Gasteiger charge is -2.45. The van der Waals surface area contributed by atoms with E-state index in [1.54, 1.807) is 11.8 Å². The fourth-order valence-corrected chi connectivity index (χ4v) is 22.0. The Morgan fingerprint density at radius 2 is 0.538 bits per heavy atom. The standard InChI is InChI=1S/C27H39N5O.C24H32N4O.C18H28N4O.C18H27N3O2.C15H22N2OS.C14H19NO2S/c1-4-27(30(2)3,21-22-5-9-24(10-6-22)31-17-13-28-14-18-31)26(33)23-7-11-25(12-8-23)32-19-15-29-16-20-32;1-2-24(21-6-4-3-5-7-21,28-18-14-26-15-19-28)23(29)20-8-10-22(11-9-20)27-16-12-25-13-17-27;1-18(2,22-13-9-20-10-14-22)17(23)15-3-5-16(6-4-15)21-11-7-19-8-12-21;1-18(2,21-11-13-23-14-12-21)17(22)15-3-5-16(6-4-15)20-9-7-19-8-10-20;1-15(2,17-10-8-16-9-11-17)14(18)12-4-6-13(19-3)7-5-12;1-14(2,15-7-9-17-10-8-15)13(16)11-3-5-12(18)6-4-11/h5-12,28-29H,4,13-21H2,1-3H3;3-11,25-26H,2,12-19H2,1H3;3-6,19-20H,7-14H2,1-2H3;3-6,19H,7-14H2,1-2H3;4-7,16H,8-11H2,1-3H3;3-6,18H,7-10H2,1-2H3. The highest BCUT2D eigenvalue weighted by molar-refractivity contribution is 7.98. The maximum Gasteiger partial charge on any atom is 0.187 e. The number of thioether (sulfide) groups is 1. The van der Waals surface area contributed by atoms with Crippen molar-refractivity contribution in [2.75, 3.05) is 307 Å². The number of anilines is 5. The second-order valence-corrected chi connectivity index (χ2v) is 42.9. The maximum absolute atomic E-state index is 14.0. The summed E-state index contributed by atoms with van der Waals surface area (Å²) in [4.78, 5) is 106. The number of piperazine rings is 8. The molecule has 10 saturated heterocycles. The summed E-state index contributed by atoms with van der Waals surface area (Å²) in [6.07, 6.45) is 4.27. The van der Waals surface area contributed by atoms with Gasteiger partial charge in [0.15, 0.2) is 34.7 Å². The average Bonchev–Trinajstić information content (AvgIpc) is 0.750. The number of ether oxygens (including phenoxy) is 2. The average molecular weight is 2020 g/mol. The first-order valence-corrected chi connectivity index (χ1v) is 55.0. The summed E-state index contributed by atoms with van der Waals surface area (Å²) in [5, 5.41) is 27.0. The molecule has 10 aliphatic rings. The summed E-state index contributed by atoms with van der Waals surface area (Å²) in [5.41, 5.74) is 10.1. The zero-order valence-electron chi connectivity index (χ0n) is 89.0. The van der Waals surface area contributed by atoms with Crippen molar-refractivity contribution in [1.82, 2.24) is 71.9 Å². The van der Waals surface area contributed by atoms with E-state index in [1.807, 2.05) is 191 Å². The first-order chi connectivity index (χ1) is 70.0. The van der Waals surface area contributed by atoms with Crippen LogP contribution in [-0.4, -0.2) is 374 Å². The molecule has 0 saturated carbocycles. The van der Waals surface area contributed by atoms with Gasteiger partial charge < -0.3 is 76.5 Å². The van der Waals surface area contributed by atoms with Gasteiger partial charge in [0.2, 0.25) is 0 Å². The molecule has 145 heavy (non-hydrogen) atoms. The normalized spacial score (nSPS) is 19.3. The molecular weight excluding hydrogens is 1850 g/mol. The minimum atomic E-state index is -0.611. The molecule has 10 aliphatic heterocycles. The molecule has 0 spiro atoms. The van der Waals surface area contributed by atoms with Gasteiger partial charge in [-0.3, -0.25) is 58.2 Å². The first-order valence-electron chi connectivity index (χ1n) is 53.3.